The van der Waals surface area contributed by atoms with Gasteiger partial charge >= 0.3 is 0 Å². The lowest BCUT2D eigenvalue weighted by Crippen LogP contribution is -2.37. The lowest BCUT2D eigenvalue weighted by atomic mass is 9.62. The number of allylic oxidation sites excluding steroid dienone is 2. The quantitative estimate of drug-likeness (QED) is 0.590. The summed E-state index contributed by atoms with van der Waals surface area (Å²) in [6, 6.07) is 0. The summed E-state index contributed by atoms with van der Waals surface area (Å²) in [6.07, 6.45) is 12.4. The third kappa shape index (κ3) is 1.56. The summed E-state index contributed by atoms with van der Waals surface area (Å²) in [6.45, 7) is 0. The van der Waals surface area contributed by atoms with Gasteiger partial charge in [0.25, 0.3) is 0 Å². The van der Waals surface area contributed by atoms with E-state index in [1.54, 1.807) is 0 Å². The van der Waals surface area contributed by atoms with Gasteiger partial charge in [-0.25, -0.2) is 0 Å². The molecule has 0 amide bonds. The molecule has 2 fully saturated rings. The van der Waals surface area contributed by atoms with Crippen molar-refractivity contribution in [2.75, 3.05) is 0 Å². The summed E-state index contributed by atoms with van der Waals surface area (Å²) in [4.78, 5) is 12.0. The van der Waals surface area contributed by atoms with Crippen LogP contribution in [0.5, 0.6) is 0 Å². The predicted molar refractivity (Wildman–Crippen MR) is 60.5 cm³/mol. The fourth-order valence-electron chi connectivity index (χ4n) is 4.02. The Morgan fingerprint density at radius 1 is 0.933 bits per heavy atom. The summed E-state index contributed by atoms with van der Waals surface area (Å²) in [5, 5.41) is 0. The standard InChI is InChI=1S/C14H20O/c15-14-9-10-5-1-2-6-11(10)12-7-3-4-8-13(12)14/h9,11-13H,1-8H2/t11-,12-,13-/m1/s1. The highest BCUT2D eigenvalue weighted by molar-refractivity contribution is 5.93. The molecule has 0 radical (unpaired) electrons. The van der Waals surface area contributed by atoms with E-state index in [1.165, 1.54) is 56.9 Å². The maximum atomic E-state index is 12.0. The van der Waals surface area contributed by atoms with Gasteiger partial charge in [0.15, 0.2) is 5.78 Å². The Morgan fingerprint density at radius 3 is 2.60 bits per heavy atom. The molecule has 0 aromatic heterocycles. The number of carbonyl (C=O) groups excluding carboxylic acids is 1. The van der Waals surface area contributed by atoms with Gasteiger partial charge in [-0.1, -0.05) is 24.8 Å². The van der Waals surface area contributed by atoms with Crippen LogP contribution in [0.2, 0.25) is 0 Å². The average Bonchev–Trinajstić information content (AvgIpc) is 2.30. The predicted octanol–water partition coefficient (Wildman–Crippen LogP) is 3.49. The van der Waals surface area contributed by atoms with E-state index in [1.807, 2.05) is 6.08 Å². The van der Waals surface area contributed by atoms with E-state index in [0.29, 0.717) is 11.7 Å². The van der Waals surface area contributed by atoms with Crippen molar-refractivity contribution in [3.05, 3.63) is 11.6 Å². The van der Waals surface area contributed by atoms with E-state index in [0.717, 1.165) is 11.8 Å². The average molecular weight is 204 g/mol. The highest BCUT2D eigenvalue weighted by atomic mass is 16.1. The van der Waals surface area contributed by atoms with Crippen LogP contribution in [0.4, 0.5) is 0 Å². The Balaban J connectivity index is 1.91. The largest absolute Gasteiger partial charge is 0.295 e. The first-order valence-corrected chi connectivity index (χ1v) is 6.60. The van der Waals surface area contributed by atoms with Crippen molar-refractivity contribution in [1.82, 2.24) is 0 Å². The molecule has 82 valence electrons. The van der Waals surface area contributed by atoms with Crippen molar-refractivity contribution in [2.45, 2.75) is 51.4 Å². The highest BCUT2D eigenvalue weighted by Crippen LogP contribution is 2.47. The van der Waals surface area contributed by atoms with Gasteiger partial charge in [-0.05, 0) is 50.0 Å². The molecule has 3 rings (SSSR count). The van der Waals surface area contributed by atoms with Gasteiger partial charge in [-0.3, -0.25) is 4.79 Å². The van der Waals surface area contributed by atoms with Crippen molar-refractivity contribution >= 4 is 5.78 Å². The Kier molecular flexibility index (Phi) is 2.42. The lowest BCUT2D eigenvalue weighted by Gasteiger charge is -2.42. The summed E-state index contributed by atoms with van der Waals surface area (Å²) < 4.78 is 0. The molecule has 3 atom stereocenters. The molecule has 0 aromatic rings. The van der Waals surface area contributed by atoms with E-state index >= 15 is 0 Å². The second-order valence-electron chi connectivity index (χ2n) is 5.53. The topological polar surface area (TPSA) is 17.1 Å². The van der Waals surface area contributed by atoms with Crippen molar-refractivity contribution in [3.63, 3.8) is 0 Å². The van der Waals surface area contributed by atoms with Gasteiger partial charge in [0.2, 0.25) is 0 Å². The van der Waals surface area contributed by atoms with Gasteiger partial charge in [0.05, 0.1) is 0 Å². The first kappa shape index (κ1) is 9.62. The highest BCUT2D eigenvalue weighted by Gasteiger charge is 2.40. The van der Waals surface area contributed by atoms with Crippen molar-refractivity contribution in [2.24, 2.45) is 17.8 Å². The number of hydrogen-bond donors (Lipinski definition) is 0. The van der Waals surface area contributed by atoms with Gasteiger partial charge < -0.3 is 0 Å². The van der Waals surface area contributed by atoms with Crippen LogP contribution in [-0.2, 0) is 4.79 Å². The fourth-order valence-corrected chi connectivity index (χ4v) is 4.02. The Bertz CT molecular complexity index is 302. The molecule has 0 spiro atoms. The first-order valence-electron chi connectivity index (χ1n) is 6.60. The van der Waals surface area contributed by atoms with Crippen LogP contribution in [0.3, 0.4) is 0 Å². The van der Waals surface area contributed by atoms with E-state index in [9.17, 15) is 4.79 Å². The second kappa shape index (κ2) is 3.77. The summed E-state index contributed by atoms with van der Waals surface area (Å²) in [5.74, 6) is 2.40. The van der Waals surface area contributed by atoms with Crippen molar-refractivity contribution in [3.8, 4) is 0 Å². The van der Waals surface area contributed by atoms with Crippen LogP contribution in [0.25, 0.3) is 0 Å². The molecule has 0 aromatic carbocycles. The second-order valence-corrected chi connectivity index (χ2v) is 5.53. The molecule has 15 heavy (non-hydrogen) atoms. The van der Waals surface area contributed by atoms with Crippen LogP contribution in [-0.4, -0.2) is 5.78 Å². The molecule has 0 saturated heterocycles. The van der Waals surface area contributed by atoms with Crippen LogP contribution < -0.4 is 0 Å². The van der Waals surface area contributed by atoms with Crippen LogP contribution in [0.15, 0.2) is 11.6 Å². The third-order valence-electron chi connectivity index (χ3n) is 4.74. The summed E-state index contributed by atoms with van der Waals surface area (Å²) in [5.41, 5.74) is 1.51. The Labute approximate surface area is 91.9 Å². The van der Waals surface area contributed by atoms with E-state index < -0.39 is 0 Å². The fraction of sp³-hybridized carbons (Fsp3) is 0.786. The normalized spacial score (nSPS) is 40.4. The molecule has 0 heterocycles. The lowest BCUT2D eigenvalue weighted by molar-refractivity contribution is -0.122. The van der Waals surface area contributed by atoms with Gasteiger partial charge in [0.1, 0.15) is 0 Å². The molecular formula is C14H20O. The number of carbonyl (C=O) groups is 1. The number of rotatable bonds is 0. The van der Waals surface area contributed by atoms with Crippen LogP contribution in [0.1, 0.15) is 51.4 Å². The molecule has 0 aliphatic heterocycles. The van der Waals surface area contributed by atoms with Gasteiger partial charge in [-0.15, -0.1) is 0 Å². The molecule has 1 heteroatoms. The third-order valence-corrected chi connectivity index (χ3v) is 4.74. The van der Waals surface area contributed by atoms with Gasteiger partial charge in [0, 0.05) is 5.92 Å². The monoisotopic (exact) mass is 204 g/mol. The van der Waals surface area contributed by atoms with E-state index in [4.69, 9.17) is 0 Å². The SMILES string of the molecule is O=C1C=C2CCCC[C@H]2[C@H]2CCCC[C@@H]12. The smallest absolute Gasteiger partial charge is 0.159 e. The minimum absolute atomic E-state index is 0.408. The Hall–Kier alpha value is -0.590. The van der Waals surface area contributed by atoms with Crippen LogP contribution >= 0.6 is 0 Å². The van der Waals surface area contributed by atoms with E-state index in [2.05, 4.69) is 0 Å². The zero-order valence-electron chi connectivity index (χ0n) is 9.37. The van der Waals surface area contributed by atoms with Gasteiger partial charge in [-0.2, -0.15) is 0 Å². The first-order chi connectivity index (χ1) is 7.36. The number of fused-ring (bicyclic) bond motifs is 3. The minimum atomic E-state index is 0.408. The Morgan fingerprint density at radius 2 is 1.67 bits per heavy atom. The zero-order valence-corrected chi connectivity index (χ0v) is 9.37. The minimum Gasteiger partial charge on any atom is -0.295 e. The van der Waals surface area contributed by atoms with Crippen molar-refractivity contribution < 1.29 is 4.79 Å². The maximum absolute atomic E-state index is 12.0. The summed E-state index contributed by atoms with van der Waals surface area (Å²) >= 11 is 0. The summed E-state index contributed by atoms with van der Waals surface area (Å²) in [7, 11) is 0. The van der Waals surface area contributed by atoms with E-state index in [-0.39, 0.29) is 0 Å². The van der Waals surface area contributed by atoms with Crippen LogP contribution in [0, 0.1) is 17.8 Å². The maximum Gasteiger partial charge on any atom is 0.159 e. The molecule has 3 aliphatic carbocycles. The zero-order chi connectivity index (χ0) is 10.3. The molecule has 1 nitrogen and oxygen atoms in total. The molecule has 0 bridgehead atoms. The molecule has 0 N–H and O–H groups in total. The number of hydrogen-bond acceptors (Lipinski definition) is 1. The molecule has 3 aliphatic rings. The molecule has 2 saturated carbocycles. The number of ketones is 1. The molecule has 0 unspecified atom stereocenters. The van der Waals surface area contributed by atoms with Crippen molar-refractivity contribution in [1.29, 1.82) is 0 Å². The molecular weight excluding hydrogens is 184 g/mol.